The largest absolute Gasteiger partial charge is 0.508 e. The lowest BCUT2D eigenvalue weighted by Crippen LogP contribution is -2.30. The van der Waals surface area contributed by atoms with Crippen molar-refractivity contribution < 1.29 is 15.0 Å². The van der Waals surface area contributed by atoms with Gasteiger partial charge in [-0.25, -0.2) is 0 Å². The fourth-order valence-corrected chi connectivity index (χ4v) is 1.51. The molecule has 0 heterocycles. The van der Waals surface area contributed by atoms with Crippen LogP contribution in [-0.4, -0.2) is 29.3 Å². The van der Waals surface area contributed by atoms with Crippen LogP contribution < -0.4 is 5.32 Å². The molecule has 1 atom stereocenters. The molecule has 3 N–H and O–H groups in total. The molecule has 1 rings (SSSR count). The zero-order valence-corrected chi connectivity index (χ0v) is 9.31. The lowest BCUT2D eigenvalue weighted by molar-refractivity contribution is -0.119. The molecule has 0 aliphatic carbocycles. The Hall–Kier alpha value is -1.55. The molecule has 0 radical (unpaired) electrons. The fraction of sp³-hybridized carbons (Fsp3) is 0.417. The van der Waals surface area contributed by atoms with Gasteiger partial charge in [-0.1, -0.05) is 12.1 Å². The van der Waals surface area contributed by atoms with Gasteiger partial charge in [0.05, 0.1) is 0 Å². The quantitative estimate of drug-likeness (QED) is 0.687. The van der Waals surface area contributed by atoms with Crippen molar-refractivity contribution >= 4 is 5.91 Å². The van der Waals surface area contributed by atoms with E-state index in [0.717, 1.165) is 5.56 Å². The summed E-state index contributed by atoms with van der Waals surface area (Å²) in [7, 11) is 0. The van der Waals surface area contributed by atoms with Gasteiger partial charge in [-0.3, -0.25) is 4.79 Å². The molecule has 0 fully saturated rings. The summed E-state index contributed by atoms with van der Waals surface area (Å²) >= 11 is 0. The molecule has 1 amide bonds. The molecule has 16 heavy (non-hydrogen) atoms. The van der Waals surface area contributed by atoms with E-state index in [-0.39, 0.29) is 24.2 Å². The van der Waals surface area contributed by atoms with Crippen molar-refractivity contribution in [1.82, 2.24) is 5.32 Å². The summed E-state index contributed by atoms with van der Waals surface area (Å²) in [6.07, 6.45) is 0.630. The van der Waals surface area contributed by atoms with Crippen LogP contribution in [0.3, 0.4) is 0 Å². The van der Waals surface area contributed by atoms with E-state index in [2.05, 4.69) is 5.32 Å². The standard InChI is InChI=1S/C12H17NO3/c1-9(15)13-7-11(8-14)5-10-3-2-4-12(16)6-10/h2-4,6,11,14,16H,5,7-8H2,1H3,(H,13,15). The minimum Gasteiger partial charge on any atom is -0.508 e. The van der Waals surface area contributed by atoms with Crippen molar-refractivity contribution in [2.45, 2.75) is 13.3 Å². The molecule has 88 valence electrons. The number of carbonyl (C=O) groups is 1. The topological polar surface area (TPSA) is 69.6 Å². The summed E-state index contributed by atoms with van der Waals surface area (Å²) in [5.74, 6) is 0.0915. The second-order valence-electron chi connectivity index (χ2n) is 3.86. The van der Waals surface area contributed by atoms with Gasteiger partial charge in [0.15, 0.2) is 0 Å². The maximum atomic E-state index is 10.7. The Morgan fingerprint density at radius 1 is 1.50 bits per heavy atom. The van der Waals surface area contributed by atoms with Gasteiger partial charge in [-0.2, -0.15) is 0 Å². The van der Waals surface area contributed by atoms with Crippen molar-refractivity contribution in [2.75, 3.05) is 13.2 Å². The van der Waals surface area contributed by atoms with Crippen molar-refractivity contribution in [3.63, 3.8) is 0 Å². The van der Waals surface area contributed by atoms with Gasteiger partial charge in [-0.05, 0) is 24.1 Å². The van der Waals surface area contributed by atoms with E-state index in [0.29, 0.717) is 13.0 Å². The van der Waals surface area contributed by atoms with Crippen molar-refractivity contribution in [2.24, 2.45) is 5.92 Å². The second kappa shape index (κ2) is 6.12. The number of hydrogen-bond acceptors (Lipinski definition) is 3. The minimum absolute atomic E-state index is 0.00986. The number of aliphatic hydroxyl groups excluding tert-OH is 1. The smallest absolute Gasteiger partial charge is 0.216 e. The predicted molar refractivity (Wildman–Crippen MR) is 61.1 cm³/mol. The number of rotatable bonds is 5. The number of benzene rings is 1. The first kappa shape index (κ1) is 12.5. The number of carbonyl (C=O) groups excluding carboxylic acids is 1. The molecule has 1 aromatic carbocycles. The molecule has 4 heteroatoms. The van der Waals surface area contributed by atoms with Gasteiger partial charge in [0.25, 0.3) is 0 Å². The average Bonchev–Trinajstić information content (AvgIpc) is 2.24. The number of aliphatic hydroxyl groups is 1. The van der Waals surface area contributed by atoms with Crippen LogP contribution in [0.25, 0.3) is 0 Å². The predicted octanol–water partition coefficient (Wildman–Crippen LogP) is 0.679. The first-order chi connectivity index (χ1) is 7.61. The Kier molecular flexibility index (Phi) is 4.79. The zero-order valence-electron chi connectivity index (χ0n) is 9.31. The number of phenolic OH excluding ortho intramolecular Hbond substituents is 1. The minimum atomic E-state index is -0.102. The van der Waals surface area contributed by atoms with Crippen LogP contribution in [0.15, 0.2) is 24.3 Å². The molecule has 0 aromatic heterocycles. The SMILES string of the molecule is CC(=O)NCC(CO)Cc1cccc(O)c1. The number of phenols is 1. The van der Waals surface area contributed by atoms with Gasteiger partial charge in [0.1, 0.15) is 5.75 Å². The monoisotopic (exact) mass is 223 g/mol. The highest BCUT2D eigenvalue weighted by molar-refractivity contribution is 5.72. The summed E-state index contributed by atoms with van der Waals surface area (Å²) in [4.78, 5) is 10.7. The molecule has 0 saturated carbocycles. The number of aromatic hydroxyl groups is 1. The third kappa shape index (κ3) is 4.31. The van der Waals surface area contributed by atoms with E-state index in [9.17, 15) is 9.90 Å². The van der Waals surface area contributed by atoms with E-state index in [1.165, 1.54) is 6.92 Å². The highest BCUT2D eigenvalue weighted by Crippen LogP contribution is 2.14. The third-order valence-corrected chi connectivity index (χ3v) is 2.33. The molecule has 0 bridgehead atoms. The van der Waals surface area contributed by atoms with E-state index >= 15 is 0 Å². The van der Waals surface area contributed by atoms with Crippen LogP contribution in [0.4, 0.5) is 0 Å². The normalized spacial score (nSPS) is 12.1. The molecular formula is C12H17NO3. The summed E-state index contributed by atoms with van der Waals surface area (Å²) in [6, 6.07) is 6.91. The van der Waals surface area contributed by atoms with Gasteiger partial charge in [-0.15, -0.1) is 0 Å². The molecule has 0 aliphatic rings. The third-order valence-electron chi connectivity index (χ3n) is 2.33. The highest BCUT2D eigenvalue weighted by atomic mass is 16.3. The molecule has 0 saturated heterocycles. The van der Waals surface area contributed by atoms with E-state index in [1.807, 2.05) is 6.07 Å². The number of amides is 1. The van der Waals surface area contributed by atoms with E-state index < -0.39 is 0 Å². The summed E-state index contributed by atoms with van der Waals surface area (Å²) in [5, 5.41) is 21.1. The maximum absolute atomic E-state index is 10.7. The Morgan fingerprint density at radius 3 is 2.81 bits per heavy atom. The lowest BCUT2D eigenvalue weighted by atomic mass is 10.00. The average molecular weight is 223 g/mol. The zero-order chi connectivity index (χ0) is 12.0. The van der Waals surface area contributed by atoms with E-state index in [1.54, 1.807) is 18.2 Å². The maximum Gasteiger partial charge on any atom is 0.216 e. The molecule has 1 aromatic rings. The molecule has 4 nitrogen and oxygen atoms in total. The fourth-order valence-electron chi connectivity index (χ4n) is 1.51. The molecule has 0 spiro atoms. The summed E-state index contributed by atoms with van der Waals surface area (Å²) in [6.45, 7) is 1.90. The van der Waals surface area contributed by atoms with Gasteiger partial charge < -0.3 is 15.5 Å². The van der Waals surface area contributed by atoms with Gasteiger partial charge >= 0.3 is 0 Å². The van der Waals surface area contributed by atoms with Crippen molar-refractivity contribution in [3.8, 4) is 5.75 Å². The van der Waals surface area contributed by atoms with E-state index in [4.69, 9.17) is 5.11 Å². The van der Waals surface area contributed by atoms with Gasteiger partial charge in [0, 0.05) is 26.0 Å². The van der Waals surface area contributed by atoms with Crippen LogP contribution in [0.5, 0.6) is 5.75 Å². The van der Waals surface area contributed by atoms with Crippen molar-refractivity contribution in [3.05, 3.63) is 29.8 Å². The summed E-state index contributed by atoms with van der Waals surface area (Å²) < 4.78 is 0. The first-order valence-electron chi connectivity index (χ1n) is 5.25. The van der Waals surface area contributed by atoms with Crippen LogP contribution in [0, 0.1) is 5.92 Å². The molecule has 1 unspecified atom stereocenters. The van der Waals surface area contributed by atoms with Crippen LogP contribution >= 0.6 is 0 Å². The van der Waals surface area contributed by atoms with Crippen LogP contribution in [0.1, 0.15) is 12.5 Å². The van der Waals surface area contributed by atoms with Crippen LogP contribution in [-0.2, 0) is 11.2 Å². The number of nitrogens with one attached hydrogen (secondary N) is 1. The lowest BCUT2D eigenvalue weighted by Gasteiger charge is -2.14. The Balaban J connectivity index is 2.52. The number of hydrogen-bond donors (Lipinski definition) is 3. The van der Waals surface area contributed by atoms with Crippen LogP contribution in [0.2, 0.25) is 0 Å². The van der Waals surface area contributed by atoms with Gasteiger partial charge in [0.2, 0.25) is 5.91 Å². The Bertz CT molecular complexity index is 352. The van der Waals surface area contributed by atoms with Crippen molar-refractivity contribution in [1.29, 1.82) is 0 Å². The Morgan fingerprint density at radius 2 is 2.25 bits per heavy atom. The molecule has 0 aliphatic heterocycles. The Labute approximate surface area is 94.9 Å². The molecular weight excluding hydrogens is 206 g/mol. The second-order valence-corrected chi connectivity index (χ2v) is 3.86. The summed E-state index contributed by atoms with van der Waals surface area (Å²) in [5.41, 5.74) is 0.949. The first-order valence-corrected chi connectivity index (χ1v) is 5.25. The highest BCUT2D eigenvalue weighted by Gasteiger charge is 2.09.